The van der Waals surface area contributed by atoms with Crippen LogP contribution in [-0.4, -0.2) is 53.6 Å². The second kappa shape index (κ2) is 7.45. The molecule has 0 atom stereocenters. The first-order chi connectivity index (χ1) is 9.69. The summed E-state index contributed by atoms with van der Waals surface area (Å²) in [4.78, 5) is 16.7. The van der Waals surface area contributed by atoms with Crippen molar-refractivity contribution in [2.75, 3.05) is 45.0 Å². The van der Waals surface area contributed by atoms with E-state index in [0.717, 1.165) is 32.6 Å². The first-order valence-electron chi connectivity index (χ1n) is 7.59. The van der Waals surface area contributed by atoms with E-state index in [4.69, 9.17) is 5.73 Å². The van der Waals surface area contributed by atoms with E-state index in [9.17, 15) is 4.79 Å². The molecule has 1 aromatic rings. The highest BCUT2D eigenvalue weighted by Crippen LogP contribution is 2.04. The molecule has 0 aromatic carbocycles. The largest absolute Gasteiger partial charge is 0.398 e. The molecule has 20 heavy (non-hydrogen) atoms. The van der Waals surface area contributed by atoms with Crippen LogP contribution in [0.4, 0.5) is 5.69 Å². The Hall–Kier alpha value is -1.33. The maximum atomic E-state index is 11.7. The monoisotopic (exact) mass is 278 g/mol. The van der Waals surface area contributed by atoms with Gasteiger partial charge in [0.05, 0.1) is 0 Å². The number of hydrogen-bond donors (Lipinski definition) is 1. The summed E-state index contributed by atoms with van der Waals surface area (Å²) in [6.45, 7) is 9.89. The first-order valence-corrected chi connectivity index (χ1v) is 7.59. The van der Waals surface area contributed by atoms with Crippen molar-refractivity contribution >= 4 is 5.69 Å². The van der Waals surface area contributed by atoms with Gasteiger partial charge in [0.15, 0.2) is 0 Å². The Bertz CT molecular complexity index is 463. The Morgan fingerprint density at radius 2 is 1.70 bits per heavy atom. The highest BCUT2D eigenvalue weighted by molar-refractivity contribution is 5.33. The smallest absolute Gasteiger partial charge is 0.250 e. The van der Waals surface area contributed by atoms with Crippen LogP contribution >= 0.6 is 0 Å². The highest BCUT2D eigenvalue weighted by atomic mass is 16.1. The van der Waals surface area contributed by atoms with E-state index in [0.29, 0.717) is 5.69 Å². The molecule has 0 unspecified atom stereocenters. The molecule has 0 aliphatic carbocycles. The predicted molar refractivity (Wildman–Crippen MR) is 82.9 cm³/mol. The van der Waals surface area contributed by atoms with Gasteiger partial charge in [-0.3, -0.25) is 4.79 Å². The van der Waals surface area contributed by atoms with Gasteiger partial charge in [0.25, 0.3) is 5.56 Å². The molecule has 0 spiro atoms. The molecule has 2 heterocycles. The summed E-state index contributed by atoms with van der Waals surface area (Å²) in [6, 6.07) is 3.20. The molecule has 0 saturated carbocycles. The van der Waals surface area contributed by atoms with Gasteiger partial charge >= 0.3 is 0 Å². The minimum Gasteiger partial charge on any atom is -0.398 e. The number of piperazine rings is 1. The normalized spacial score (nSPS) is 17.4. The molecule has 112 valence electrons. The fourth-order valence-electron chi connectivity index (χ4n) is 2.74. The van der Waals surface area contributed by atoms with Gasteiger partial charge in [0, 0.05) is 50.7 Å². The van der Waals surface area contributed by atoms with Gasteiger partial charge in [-0.15, -0.1) is 0 Å². The van der Waals surface area contributed by atoms with Crippen molar-refractivity contribution < 1.29 is 0 Å². The molecule has 2 N–H and O–H groups in total. The number of nitrogen functional groups attached to an aromatic ring is 1. The maximum absolute atomic E-state index is 11.7. The quantitative estimate of drug-likeness (QED) is 0.838. The lowest BCUT2D eigenvalue weighted by Crippen LogP contribution is -2.46. The van der Waals surface area contributed by atoms with Crippen LogP contribution in [0.1, 0.15) is 19.8 Å². The third kappa shape index (κ3) is 4.35. The lowest BCUT2D eigenvalue weighted by Gasteiger charge is -2.34. The molecule has 1 fully saturated rings. The third-order valence-electron chi connectivity index (χ3n) is 3.88. The predicted octanol–water partition coefficient (Wildman–Crippen LogP) is 0.848. The van der Waals surface area contributed by atoms with Crippen molar-refractivity contribution in [2.24, 2.45) is 0 Å². The summed E-state index contributed by atoms with van der Waals surface area (Å²) >= 11 is 0. The molecule has 1 aliphatic heterocycles. The van der Waals surface area contributed by atoms with E-state index in [2.05, 4.69) is 16.7 Å². The Morgan fingerprint density at radius 1 is 1.05 bits per heavy atom. The Morgan fingerprint density at radius 3 is 2.35 bits per heavy atom. The second-order valence-corrected chi connectivity index (χ2v) is 5.53. The summed E-state index contributed by atoms with van der Waals surface area (Å²) in [5.74, 6) is 0. The molecule has 0 radical (unpaired) electrons. The number of aryl methyl sites for hydroxylation is 1. The summed E-state index contributed by atoms with van der Waals surface area (Å²) in [5.41, 5.74) is 6.40. The summed E-state index contributed by atoms with van der Waals surface area (Å²) in [5, 5.41) is 0. The molecule has 1 aliphatic rings. The van der Waals surface area contributed by atoms with E-state index >= 15 is 0 Å². The minimum absolute atomic E-state index is 0.0342. The van der Waals surface area contributed by atoms with Crippen LogP contribution in [0, 0.1) is 0 Å². The summed E-state index contributed by atoms with van der Waals surface area (Å²) in [7, 11) is 0. The Labute approximate surface area is 121 Å². The molecule has 1 saturated heterocycles. The number of anilines is 1. The van der Waals surface area contributed by atoms with Gasteiger partial charge in [-0.2, -0.15) is 0 Å². The number of pyridine rings is 1. The van der Waals surface area contributed by atoms with Crippen LogP contribution in [0.25, 0.3) is 0 Å². The molecular weight excluding hydrogens is 252 g/mol. The average molecular weight is 278 g/mol. The molecular formula is C15H26N4O. The standard InChI is InChI=1S/C15H26N4O/c1-2-6-17-9-11-18(12-10-17)7-3-8-19-13-14(16)4-5-15(19)20/h4-5,13H,2-3,6-12,16H2,1H3. The van der Waals surface area contributed by atoms with E-state index < -0.39 is 0 Å². The highest BCUT2D eigenvalue weighted by Gasteiger charge is 2.15. The molecule has 2 rings (SSSR count). The van der Waals surface area contributed by atoms with Crippen LogP contribution in [0.3, 0.4) is 0 Å². The molecule has 1 aromatic heterocycles. The number of hydrogen-bond acceptors (Lipinski definition) is 4. The number of nitrogens with zero attached hydrogens (tertiary/aromatic N) is 3. The minimum atomic E-state index is 0.0342. The zero-order valence-electron chi connectivity index (χ0n) is 12.4. The van der Waals surface area contributed by atoms with Crippen molar-refractivity contribution in [2.45, 2.75) is 26.3 Å². The van der Waals surface area contributed by atoms with Crippen molar-refractivity contribution in [1.82, 2.24) is 14.4 Å². The number of rotatable bonds is 6. The van der Waals surface area contributed by atoms with Crippen molar-refractivity contribution in [3.63, 3.8) is 0 Å². The van der Waals surface area contributed by atoms with Crippen molar-refractivity contribution in [3.8, 4) is 0 Å². The van der Waals surface area contributed by atoms with Crippen molar-refractivity contribution in [1.29, 1.82) is 0 Å². The van der Waals surface area contributed by atoms with Crippen molar-refractivity contribution in [3.05, 3.63) is 28.7 Å². The van der Waals surface area contributed by atoms with Gasteiger partial charge in [-0.25, -0.2) is 0 Å². The first kappa shape index (κ1) is 15.1. The van der Waals surface area contributed by atoms with E-state index in [1.54, 1.807) is 22.9 Å². The Balaban J connectivity index is 1.71. The zero-order valence-corrected chi connectivity index (χ0v) is 12.4. The maximum Gasteiger partial charge on any atom is 0.250 e. The summed E-state index contributed by atoms with van der Waals surface area (Å²) < 4.78 is 1.71. The van der Waals surface area contributed by atoms with Crippen LogP contribution in [0.15, 0.2) is 23.1 Å². The molecule has 0 bridgehead atoms. The van der Waals surface area contributed by atoms with Gasteiger partial charge in [0.2, 0.25) is 0 Å². The van der Waals surface area contributed by atoms with Crippen LogP contribution in [-0.2, 0) is 6.54 Å². The molecule has 5 nitrogen and oxygen atoms in total. The van der Waals surface area contributed by atoms with Crippen LogP contribution in [0.2, 0.25) is 0 Å². The fraction of sp³-hybridized carbons (Fsp3) is 0.667. The van der Waals surface area contributed by atoms with E-state index in [1.165, 1.54) is 26.1 Å². The second-order valence-electron chi connectivity index (χ2n) is 5.53. The zero-order chi connectivity index (χ0) is 14.4. The van der Waals surface area contributed by atoms with E-state index in [1.807, 2.05) is 0 Å². The number of aromatic nitrogens is 1. The number of nitrogens with two attached hydrogens (primary N) is 1. The topological polar surface area (TPSA) is 54.5 Å². The molecule has 0 amide bonds. The molecule has 5 heteroatoms. The van der Waals surface area contributed by atoms with Gasteiger partial charge in [0.1, 0.15) is 0 Å². The lowest BCUT2D eigenvalue weighted by molar-refractivity contribution is 0.130. The van der Waals surface area contributed by atoms with Gasteiger partial charge in [-0.1, -0.05) is 6.92 Å². The van der Waals surface area contributed by atoms with Crippen LogP contribution < -0.4 is 11.3 Å². The lowest BCUT2D eigenvalue weighted by atomic mass is 10.2. The SMILES string of the molecule is CCCN1CCN(CCCn2cc(N)ccc2=O)CC1. The van der Waals surface area contributed by atoms with Gasteiger partial charge < -0.3 is 20.1 Å². The average Bonchev–Trinajstić information content (AvgIpc) is 2.45. The fourth-order valence-corrected chi connectivity index (χ4v) is 2.74. The Kier molecular flexibility index (Phi) is 5.61. The van der Waals surface area contributed by atoms with E-state index in [-0.39, 0.29) is 5.56 Å². The van der Waals surface area contributed by atoms with Crippen LogP contribution in [0.5, 0.6) is 0 Å². The third-order valence-corrected chi connectivity index (χ3v) is 3.88. The summed E-state index contributed by atoms with van der Waals surface area (Å²) in [6.07, 6.45) is 3.97. The van der Waals surface area contributed by atoms with Gasteiger partial charge in [-0.05, 0) is 32.0 Å².